The molecule has 3 rings (SSSR count). The molecule has 0 spiro atoms. The largest absolute Gasteiger partial charge is 0.435 e. The second-order valence-electron chi connectivity index (χ2n) is 5.52. The van der Waals surface area contributed by atoms with Crippen molar-refractivity contribution >= 4 is 17.3 Å². The van der Waals surface area contributed by atoms with Gasteiger partial charge < -0.3 is 10.1 Å². The van der Waals surface area contributed by atoms with Gasteiger partial charge in [0.1, 0.15) is 17.1 Å². The number of ether oxygens (including phenoxy) is 1. The van der Waals surface area contributed by atoms with Crippen molar-refractivity contribution in [3.05, 3.63) is 59.3 Å². The molecule has 7 nitrogen and oxygen atoms in total. The van der Waals surface area contributed by atoms with E-state index in [1.165, 1.54) is 31.2 Å². The van der Waals surface area contributed by atoms with Gasteiger partial charge in [-0.1, -0.05) is 12.1 Å². The summed E-state index contributed by atoms with van der Waals surface area (Å²) in [5.41, 5.74) is 0.0820. The van der Waals surface area contributed by atoms with E-state index < -0.39 is 24.1 Å². The first-order valence-electron chi connectivity index (χ1n) is 7.72. The van der Waals surface area contributed by atoms with Crippen LogP contribution in [-0.4, -0.2) is 32.9 Å². The Kier molecular flexibility index (Phi) is 5.06. The monoisotopic (exact) mass is 378 g/mol. The second-order valence-corrected chi connectivity index (χ2v) is 5.52. The lowest BCUT2D eigenvalue weighted by atomic mass is 10.2. The molecule has 2 heterocycles. The van der Waals surface area contributed by atoms with E-state index in [2.05, 4.69) is 20.1 Å². The summed E-state index contributed by atoms with van der Waals surface area (Å²) in [7, 11) is 0. The molecule has 0 atom stereocenters. The highest BCUT2D eigenvalue weighted by Gasteiger charge is 2.18. The molecule has 0 aliphatic carbocycles. The third kappa shape index (κ3) is 4.05. The second kappa shape index (κ2) is 7.44. The molecule has 0 aliphatic heterocycles. The number of Topliss-reactive ketones (excluding diaryl/α,β-unsaturated/α-hetero) is 1. The predicted molar refractivity (Wildman–Crippen MR) is 87.2 cm³/mol. The number of nitrogens with zero attached hydrogens (tertiary/aromatic N) is 3. The van der Waals surface area contributed by atoms with E-state index in [9.17, 15) is 22.8 Å². The average molecular weight is 378 g/mol. The molecular weight excluding hydrogens is 365 g/mol. The third-order valence-corrected chi connectivity index (χ3v) is 3.60. The van der Waals surface area contributed by atoms with Crippen LogP contribution in [0.25, 0.3) is 5.65 Å². The lowest BCUT2D eigenvalue weighted by Gasteiger charge is -2.09. The summed E-state index contributed by atoms with van der Waals surface area (Å²) in [6.45, 7) is -1.71. The van der Waals surface area contributed by atoms with Gasteiger partial charge in [-0.25, -0.2) is 13.9 Å². The summed E-state index contributed by atoms with van der Waals surface area (Å²) in [6.07, 6.45) is 0.894. The molecule has 0 unspecified atom stereocenters. The number of alkyl halides is 2. The number of fused-ring (bicyclic) bond motifs is 1. The quantitative estimate of drug-likeness (QED) is 0.667. The van der Waals surface area contributed by atoms with E-state index in [1.807, 2.05) is 0 Å². The van der Waals surface area contributed by atoms with Crippen LogP contribution in [0.3, 0.4) is 0 Å². The Bertz CT molecular complexity index is 1020. The predicted octanol–water partition coefficient (Wildman–Crippen LogP) is 2.60. The minimum Gasteiger partial charge on any atom is -0.435 e. The molecule has 1 aromatic carbocycles. The summed E-state index contributed by atoms with van der Waals surface area (Å²) in [5, 5.41) is 6.25. The zero-order valence-electron chi connectivity index (χ0n) is 13.9. The smallest absolute Gasteiger partial charge is 0.387 e. The molecule has 0 saturated heterocycles. The molecule has 27 heavy (non-hydrogen) atoms. The Labute approximate surface area is 150 Å². The van der Waals surface area contributed by atoms with Crippen molar-refractivity contribution in [1.82, 2.24) is 19.9 Å². The van der Waals surface area contributed by atoms with Gasteiger partial charge in [0, 0.05) is 13.5 Å². The molecule has 0 saturated carbocycles. The molecule has 0 bridgehead atoms. The van der Waals surface area contributed by atoms with Crippen molar-refractivity contribution in [2.75, 3.05) is 0 Å². The lowest BCUT2D eigenvalue weighted by molar-refractivity contribution is -0.0498. The van der Waals surface area contributed by atoms with Gasteiger partial charge in [0.05, 0.1) is 6.20 Å². The average Bonchev–Trinajstić information content (AvgIpc) is 2.99. The van der Waals surface area contributed by atoms with Crippen LogP contribution < -0.4 is 10.1 Å². The molecule has 0 radical (unpaired) electrons. The molecule has 140 valence electrons. The number of halogens is 3. The van der Waals surface area contributed by atoms with Crippen LogP contribution in [-0.2, 0) is 6.54 Å². The summed E-state index contributed by atoms with van der Waals surface area (Å²) in [6, 6.07) is 7.01. The van der Waals surface area contributed by atoms with Crippen LogP contribution in [0.1, 0.15) is 33.5 Å². The highest BCUT2D eigenvalue weighted by molar-refractivity contribution is 5.98. The van der Waals surface area contributed by atoms with E-state index in [1.54, 1.807) is 6.07 Å². The Morgan fingerprint density at radius 1 is 1.30 bits per heavy atom. The number of amides is 1. The number of nitrogens with one attached hydrogen (secondary N) is 1. The summed E-state index contributed by atoms with van der Waals surface area (Å²) in [4.78, 5) is 28.0. The van der Waals surface area contributed by atoms with Gasteiger partial charge in [-0.05, 0) is 23.8 Å². The molecular formula is C17H13F3N4O3. The lowest BCUT2D eigenvalue weighted by Crippen LogP contribution is -2.25. The fourth-order valence-corrected chi connectivity index (χ4v) is 2.41. The Morgan fingerprint density at radius 3 is 2.78 bits per heavy atom. The number of hydrogen-bond acceptors (Lipinski definition) is 5. The zero-order valence-corrected chi connectivity index (χ0v) is 13.9. The zero-order chi connectivity index (χ0) is 19.6. The topological polar surface area (TPSA) is 85.6 Å². The van der Waals surface area contributed by atoms with Crippen LogP contribution >= 0.6 is 0 Å². The fraction of sp³-hybridized carbons (Fsp3) is 0.176. The summed E-state index contributed by atoms with van der Waals surface area (Å²) >= 11 is 0. The molecule has 3 aromatic rings. The molecule has 10 heteroatoms. The molecule has 0 aliphatic rings. The van der Waals surface area contributed by atoms with Gasteiger partial charge in [0.25, 0.3) is 5.91 Å². The SMILES string of the molecule is CC(=O)c1cc(C(=O)NCc2cccc(OC(F)F)c2)nc2c(F)cnn12. The van der Waals surface area contributed by atoms with Gasteiger partial charge >= 0.3 is 6.61 Å². The number of ketones is 1. The number of rotatable bonds is 6. The van der Waals surface area contributed by atoms with Gasteiger partial charge in [-0.3, -0.25) is 9.59 Å². The van der Waals surface area contributed by atoms with Gasteiger partial charge in [0.15, 0.2) is 17.2 Å². The van der Waals surface area contributed by atoms with E-state index in [0.29, 0.717) is 5.56 Å². The minimum atomic E-state index is -2.96. The van der Waals surface area contributed by atoms with Crippen LogP contribution in [0.2, 0.25) is 0 Å². The Hall–Kier alpha value is -3.43. The number of hydrogen-bond donors (Lipinski definition) is 1. The standard InChI is InChI=1S/C17H13F3N4O3/c1-9(25)14-6-13(23-15-12(18)8-22-24(14)15)16(26)21-7-10-3-2-4-11(5-10)27-17(19)20/h2-6,8,17H,7H2,1H3,(H,21,26). The summed E-state index contributed by atoms with van der Waals surface area (Å²) in [5.74, 6) is -1.90. The first-order valence-corrected chi connectivity index (χ1v) is 7.72. The van der Waals surface area contributed by atoms with Crippen molar-refractivity contribution < 1.29 is 27.5 Å². The number of benzene rings is 1. The van der Waals surface area contributed by atoms with Crippen molar-refractivity contribution in [3.63, 3.8) is 0 Å². The molecule has 0 fully saturated rings. The van der Waals surface area contributed by atoms with Crippen LogP contribution in [0.15, 0.2) is 36.5 Å². The Morgan fingerprint density at radius 2 is 2.07 bits per heavy atom. The van der Waals surface area contributed by atoms with Crippen molar-refractivity contribution in [2.45, 2.75) is 20.1 Å². The fourth-order valence-electron chi connectivity index (χ4n) is 2.41. The van der Waals surface area contributed by atoms with Crippen molar-refractivity contribution in [2.24, 2.45) is 0 Å². The highest BCUT2D eigenvalue weighted by atomic mass is 19.3. The van der Waals surface area contributed by atoms with Crippen molar-refractivity contribution in [3.8, 4) is 5.75 Å². The van der Waals surface area contributed by atoms with Gasteiger partial charge in [-0.2, -0.15) is 13.9 Å². The van der Waals surface area contributed by atoms with Gasteiger partial charge in [0.2, 0.25) is 0 Å². The van der Waals surface area contributed by atoms with E-state index >= 15 is 0 Å². The molecule has 1 N–H and O–H groups in total. The van der Waals surface area contributed by atoms with Gasteiger partial charge in [-0.15, -0.1) is 0 Å². The van der Waals surface area contributed by atoms with E-state index in [-0.39, 0.29) is 29.3 Å². The summed E-state index contributed by atoms with van der Waals surface area (Å²) < 4.78 is 43.6. The maximum Gasteiger partial charge on any atom is 0.387 e. The number of carbonyl (C=O) groups excluding carboxylic acids is 2. The first-order chi connectivity index (χ1) is 12.8. The molecule has 2 aromatic heterocycles. The maximum absolute atomic E-state index is 13.8. The number of carbonyl (C=O) groups is 2. The first kappa shape index (κ1) is 18.4. The highest BCUT2D eigenvalue weighted by Crippen LogP contribution is 2.16. The number of aromatic nitrogens is 3. The maximum atomic E-state index is 13.8. The van der Waals surface area contributed by atoms with Crippen LogP contribution in [0.5, 0.6) is 5.75 Å². The van der Waals surface area contributed by atoms with Crippen LogP contribution in [0.4, 0.5) is 13.2 Å². The minimum absolute atomic E-state index is 0.00128. The van der Waals surface area contributed by atoms with Crippen LogP contribution in [0, 0.1) is 5.82 Å². The normalized spacial score (nSPS) is 11.0. The van der Waals surface area contributed by atoms with E-state index in [0.717, 1.165) is 10.7 Å². The molecule has 1 amide bonds. The van der Waals surface area contributed by atoms with E-state index in [4.69, 9.17) is 0 Å². The Balaban J connectivity index is 1.80. The third-order valence-electron chi connectivity index (χ3n) is 3.60. The van der Waals surface area contributed by atoms with Crippen molar-refractivity contribution in [1.29, 1.82) is 0 Å².